The van der Waals surface area contributed by atoms with Crippen LogP contribution < -0.4 is 10.7 Å². The summed E-state index contributed by atoms with van der Waals surface area (Å²) in [4.78, 5) is 9.96. The van der Waals surface area contributed by atoms with Crippen LogP contribution in [0.5, 0.6) is 0 Å². The van der Waals surface area contributed by atoms with Crippen molar-refractivity contribution in [1.29, 1.82) is 5.41 Å². The highest BCUT2D eigenvalue weighted by molar-refractivity contribution is 6.33. The van der Waals surface area contributed by atoms with Gasteiger partial charge in [0.25, 0.3) is 0 Å². The Bertz CT molecular complexity index is 1330. The summed E-state index contributed by atoms with van der Waals surface area (Å²) < 4.78 is 19.0. The number of guanidine groups is 1. The smallest absolute Gasteiger partial charge is 0.238 e. The van der Waals surface area contributed by atoms with Crippen molar-refractivity contribution in [2.24, 2.45) is 10.1 Å². The number of nitrogens with one attached hydrogen (secondary N) is 3. The van der Waals surface area contributed by atoms with E-state index < -0.39 is 5.83 Å². The van der Waals surface area contributed by atoms with E-state index in [1.165, 1.54) is 6.21 Å². The van der Waals surface area contributed by atoms with Crippen LogP contribution in [0.25, 0.3) is 11.3 Å². The fourth-order valence-corrected chi connectivity index (χ4v) is 3.59. The van der Waals surface area contributed by atoms with Crippen molar-refractivity contribution in [1.82, 2.24) is 25.5 Å². The quantitative estimate of drug-likeness (QED) is 0.190. The molecule has 2 aromatic heterocycles. The minimum absolute atomic E-state index is 0.0509. The van der Waals surface area contributed by atoms with Crippen molar-refractivity contribution < 1.29 is 9.13 Å². The number of benzene rings is 1. The van der Waals surface area contributed by atoms with Crippen molar-refractivity contribution >= 4 is 41.0 Å². The van der Waals surface area contributed by atoms with Gasteiger partial charge < -0.3 is 15.0 Å². The highest BCUT2D eigenvalue weighted by Gasteiger charge is 2.14. The normalized spacial score (nSPS) is 11.4. The van der Waals surface area contributed by atoms with Gasteiger partial charge in [-0.3, -0.25) is 10.4 Å². The Hall–Kier alpha value is -4.22. The maximum Gasteiger partial charge on any atom is 0.238 e. The molecule has 0 radical (unpaired) electrons. The van der Waals surface area contributed by atoms with Crippen LogP contribution in [-0.2, 0) is 4.74 Å². The summed E-state index contributed by atoms with van der Waals surface area (Å²) in [5.41, 5.74) is 6.99. The molecule has 2 heterocycles. The molecule has 0 unspecified atom stereocenters. The first-order valence-electron chi connectivity index (χ1n) is 11.7. The van der Waals surface area contributed by atoms with Crippen molar-refractivity contribution in [2.75, 3.05) is 32.1 Å². The van der Waals surface area contributed by atoms with Gasteiger partial charge in [-0.25, -0.2) is 9.82 Å². The lowest BCUT2D eigenvalue weighted by Gasteiger charge is -2.22. The standard InChI is InChI=1S/C26H29ClFN9O/c1-5-37(11-12-38-4)25(18(3)28)34-26(29)36-32-15-20-13-17(2)24(16-30-20)33-23-9-8-19(14-21(23)27)22-7-6-10-31-35-22/h6-10,13-16,33H,3,5,11-12H2,1-2,4H3,(H2,29,36)/b32-15+,34-25+. The predicted molar refractivity (Wildman–Crippen MR) is 150 cm³/mol. The number of amidine groups is 1. The number of rotatable bonds is 10. The van der Waals surface area contributed by atoms with Crippen LogP contribution >= 0.6 is 11.6 Å². The number of aryl methyl sites for hydroxylation is 1. The Kier molecular flexibility index (Phi) is 10.4. The lowest BCUT2D eigenvalue weighted by atomic mass is 10.1. The van der Waals surface area contributed by atoms with Crippen LogP contribution in [0.4, 0.5) is 15.8 Å². The summed E-state index contributed by atoms with van der Waals surface area (Å²) in [7, 11) is 1.56. The maximum atomic E-state index is 13.9. The second-order valence-corrected chi connectivity index (χ2v) is 8.39. The third-order valence-electron chi connectivity index (χ3n) is 5.31. The number of pyridine rings is 1. The largest absolute Gasteiger partial charge is 0.383 e. The first kappa shape index (κ1) is 28.4. The Morgan fingerprint density at radius 2 is 2.11 bits per heavy atom. The van der Waals surface area contributed by atoms with Crippen LogP contribution in [-0.4, -0.2) is 64.9 Å². The average Bonchev–Trinajstić information content (AvgIpc) is 2.91. The summed E-state index contributed by atoms with van der Waals surface area (Å²) >= 11 is 6.49. The zero-order valence-electron chi connectivity index (χ0n) is 21.4. The van der Waals surface area contributed by atoms with E-state index in [4.69, 9.17) is 21.7 Å². The molecule has 38 heavy (non-hydrogen) atoms. The van der Waals surface area contributed by atoms with Crippen molar-refractivity contribution in [3.05, 3.63) is 77.5 Å². The predicted octanol–water partition coefficient (Wildman–Crippen LogP) is 4.95. The van der Waals surface area contributed by atoms with E-state index in [0.29, 0.717) is 30.4 Å². The maximum absolute atomic E-state index is 13.9. The van der Waals surface area contributed by atoms with Crippen molar-refractivity contribution in [3.8, 4) is 11.3 Å². The first-order chi connectivity index (χ1) is 18.3. The van der Waals surface area contributed by atoms with Crippen molar-refractivity contribution in [2.45, 2.75) is 13.8 Å². The number of hydrogen-bond acceptors (Lipinski definition) is 7. The van der Waals surface area contributed by atoms with E-state index in [2.05, 4.69) is 42.6 Å². The molecule has 198 valence electrons. The Balaban J connectivity index is 1.65. The monoisotopic (exact) mass is 537 g/mol. The minimum atomic E-state index is -0.748. The number of halogens is 2. The summed E-state index contributed by atoms with van der Waals surface area (Å²) in [5, 5.41) is 23.8. The van der Waals surface area contributed by atoms with E-state index in [0.717, 1.165) is 28.2 Å². The lowest BCUT2D eigenvalue weighted by molar-refractivity contribution is 0.177. The molecule has 0 bridgehead atoms. The zero-order valence-corrected chi connectivity index (χ0v) is 22.1. The molecule has 0 aliphatic carbocycles. The molecule has 0 saturated heterocycles. The third-order valence-corrected chi connectivity index (χ3v) is 5.63. The van der Waals surface area contributed by atoms with E-state index in [9.17, 15) is 4.39 Å². The molecule has 12 heteroatoms. The Morgan fingerprint density at radius 3 is 2.74 bits per heavy atom. The number of nitrogens with zero attached hydrogens (tertiary/aromatic N) is 6. The molecule has 3 aromatic rings. The average molecular weight is 538 g/mol. The number of ether oxygens (including phenoxy) is 1. The third kappa shape index (κ3) is 7.89. The number of methoxy groups -OCH3 is 1. The summed E-state index contributed by atoms with van der Waals surface area (Å²) in [5.74, 6) is -1.15. The first-order valence-corrected chi connectivity index (χ1v) is 12.1. The van der Waals surface area contributed by atoms with Gasteiger partial charge in [0.05, 0.1) is 46.8 Å². The molecule has 0 aliphatic heterocycles. The van der Waals surface area contributed by atoms with Crippen LogP contribution in [0.3, 0.4) is 0 Å². The van der Waals surface area contributed by atoms with Crippen LogP contribution in [0.2, 0.25) is 5.02 Å². The lowest BCUT2D eigenvalue weighted by Crippen LogP contribution is -2.35. The van der Waals surface area contributed by atoms with Crippen molar-refractivity contribution in [3.63, 3.8) is 0 Å². The second-order valence-electron chi connectivity index (χ2n) is 7.98. The number of anilines is 2. The Morgan fingerprint density at radius 1 is 1.29 bits per heavy atom. The van der Waals surface area contributed by atoms with Crippen LogP contribution in [0.15, 0.2) is 71.3 Å². The molecule has 3 N–H and O–H groups in total. The zero-order chi connectivity index (χ0) is 27.5. The highest BCUT2D eigenvalue weighted by Crippen LogP contribution is 2.30. The van der Waals surface area contributed by atoms with E-state index in [1.54, 1.807) is 24.4 Å². The molecule has 1 aromatic carbocycles. The number of aromatic nitrogens is 3. The summed E-state index contributed by atoms with van der Waals surface area (Å²) in [6.45, 7) is 8.34. The molecule has 0 spiro atoms. The van der Waals surface area contributed by atoms with Crippen LogP contribution in [0, 0.1) is 12.3 Å². The number of aliphatic imine (C=N–C) groups is 1. The molecular formula is C26H29ClFN9O. The number of likely N-dealkylation sites (N-methyl/N-ethyl adjacent to an activating group) is 1. The molecule has 0 aliphatic rings. The minimum Gasteiger partial charge on any atom is -0.383 e. The number of hydrazone groups is 1. The SMILES string of the molecule is C=C(F)/C(=N\C(=N)N/N=C/c1cc(C)c(Nc2ccc(-c3cccnn3)cc2Cl)cn1)N(CC)CCOC. The van der Waals surface area contributed by atoms with E-state index in [1.807, 2.05) is 50.2 Å². The molecule has 0 atom stereocenters. The summed E-state index contributed by atoms with van der Waals surface area (Å²) in [6.07, 6.45) is 4.72. The van der Waals surface area contributed by atoms with Gasteiger partial charge in [-0.05, 0) is 49.7 Å². The molecule has 10 nitrogen and oxygen atoms in total. The van der Waals surface area contributed by atoms with Crippen LogP contribution in [0.1, 0.15) is 18.2 Å². The number of hydrogen-bond donors (Lipinski definition) is 3. The van der Waals surface area contributed by atoms with Gasteiger partial charge in [0.15, 0.2) is 11.7 Å². The molecule has 3 rings (SSSR count). The van der Waals surface area contributed by atoms with E-state index >= 15 is 0 Å². The Labute approximate surface area is 225 Å². The highest BCUT2D eigenvalue weighted by atomic mass is 35.5. The van der Waals surface area contributed by atoms with Gasteiger partial charge in [0.2, 0.25) is 5.96 Å². The summed E-state index contributed by atoms with van der Waals surface area (Å²) in [6, 6.07) is 11.1. The molecule has 0 saturated carbocycles. The van der Waals surface area contributed by atoms with Gasteiger partial charge in [-0.2, -0.15) is 20.3 Å². The topological polar surface area (TPSA) is 124 Å². The fraction of sp³-hybridized carbons (Fsp3) is 0.231. The second kappa shape index (κ2) is 13.9. The van der Waals surface area contributed by atoms with E-state index in [-0.39, 0.29) is 11.8 Å². The molecular weight excluding hydrogens is 509 g/mol. The fourth-order valence-electron chi connectivity index (χ4n) is 3.36. The van der Waals surface area contributed by atoms with Gasteiger partial charge in [-0.15, -0.1) is 0 Å². The van der Waals surface area contributed by atoms with Gasteiger partial charge in [0, 0.05) is 32.0 Å². The van der Waals surface area contributed by atoms with Gasteiger partial charge >= 0.3 is 0 Å². The van der Waals surface area contributed by atoms with Gasteiger partial charge in [-0.1, -0.05) is 24.2 Å². The molecule has 0 amide bonds. The van der Waals surface area contributed by atoms with Gasteiger partial charge in [0.1, 0.15) is 0 Å². The molecule has 0 fully saturated rings.